The lowest BCUT2D eigenvalue weighted by atomic mass is 9.87. The first-order valence-corrected chi connectivity index (χ1v) is 23.8. The molecule has 0 saturated carbocycles. The summed E-state index contributed by atoms with van der Waals surface area (Å²) in [5, 5.41) is 17.3. The van der Waals surface area contributed by atoms with E-state index in [-0.39, 0.29) is 30.9 Å². The lowest BCUT2D eigenvalue weighted by Gasteiger charge is -2.50. The molecule has 0 radical (unpaired) electrons. The van der Waals surface area contributed by atoms with Crippen LogP contribution in [0.1, 0.15) is 102 Å². The maximum Gasteiger partial charge on any atom is 0.278 e. The minimum absolute atomic E-state index is 0.0952. The molecule has 4 fully saturated rings. The second-order valence-electron chi connectivity index (χ2n) is 19.0. The highest BCUT2D eigenvalue weighted by Crippen LogP contribution is 2.39. The van der Waals surface area contributed by atoms with Crippen molar-refractivity contribution < 1.29 is 24.3 Å². The van der Waals surface area contributed by atoms with E-state index in [9.17, 15) is 29.1 Å². The first kappa shape index (κ1) is 43.0. The number of aliphatic hydroxyl groups is 1. The number of imide groups is 2. The van der Waals surface area contributed by atoms with E-state index in [1.54, 1.807) is 33.8 Å². The molecule has 5 aliphatic heterocycles. The average Bonchev–Trinajstić information content (AvgIpc) is 3.90. The molecule has 346 valence electrons. The van der Waals surface area contributed by atoms with Crippen molar-refractivity contribution in [1.82, 2.24) is 44.3 Å². The number of fused-ring (bicyclic) bond motifs is 3. The van der Waals surface area contributed by atoms with Gasteiger partial charge in [-0.15, -0.1) is 6.58 Å². The van der Waals surface area contributed by atoms with Crippen LogP contribution < -0.4 is 21.1 Å². The van der Waals surface area contributed by atoms with Crippen LogP contribution in [0.25, 0.3) is 16.9 Å². The number of benzene rings is 2. The van der Waals surface area contributed by atoms with Gasteiger partial charge in [0.2, 0.25) is 17.8 Å². The van der Waals surface area contributed by atoms with Crippen LogP contribution in [0.3, 0.4) is 0 Å². The molecule has 2 atom stereocenters. The number of pyridine rings is 1. The van der Waals surface area contributed by atoms with Gasteiger partial charge in [-0.1, -0.05) is 31.2 Å². The molecule has 5 aromatic rings. The van der Waals surface area contributed by atoms with Crippen LogP contribution in [0, 0.1) is 0 Å². The van der Waals surface area contributed by atoms with Crippen molar-refractivity contribution in [2.75, 3.05) is 49.5 Å². The first-order valence-electron chi connectivity index (χ1n) is 23.8. The quantitative estimate of drug-likeness (QED) is 0.125. The number of anilines is 3. The van der Waals surface area contributed by atoms with Crippen LogP contribution in [-0.4, -0.2) is 125 Å². The number of carbonyl (C=O) groups excluding carboxylic acids is 4. The van der Waals surface area contributed by atoms with E-state index >= 15 is 0 Å². The van der Waals surface area contributed by atoms with Gasteiger partial charge in [-0.25, -0.2) is 19.3 Å². The van der Waals surface area contributed by atoms with Gasteiger partial charge in [-0.3, -0.25) is 39.1 Å². The summed E-state index contributed by atoms with van der Waals surface area (Å²) in [6.07, 6.45) is 9.89. The summed E-state index contributed by atoms with van der Waals surface area (Å²) in [6.45, 7) is 12.1. The van der Waals surface area contributed by atoms with E-state index in [0.29, 0.717) is 70.5 Å². The molecule has 6 aliphatic rings. The van der Waals surface area contributed by atoms with Gasteiger partial charge < -0.3 is 20.2 Å². The third kappa shape index (κ3) is 7.52. The summed E-state index contributed by atoms with van der Waals surface area (Å²) in [4.78, 5) is 87.0. The fourth-order valence-electron chi connectivity index (χ4n) is 11.3. The topological polar surface area (TPSA) is 191 Å². The molecule has 17 nitrogen and oxygen atoms in total. The van der Waals surface area contributed by atoms with Crippen molar-refractivity contribution in [1.29, 1.82) is 0 Å². The summed E-state index contributed by atoms with van der Waals surface area (Å²) in [6, 6.07) is 17.8. The molecular formula is C50H55N11O6. The van der Waals surface area contributed by atoms with Crippen molar-refractivity contribution in [3.63, 3.8) is 0 Å². The number of hydrogen-bond donors (Lipinski definition) is 3. The lowest BCUT2D eigenvalue weighted by molar-refractivity contribution is -0.136. The van der Waals surface area contributed by atoms with Gasteiger partial charge in [-0.05, 0) is 118 Å². The predicted octanol–water partition coefficient (Wildman–Crippen LogP) is 4.38. The monoisotopic (exact) mass is 905 g/mol. The van der Waals surface area contributed by atoms with Crippen LogP contribution in [-0.2, 0) is 28.2 Å². The van der Waals surface area contributed by atoms with Crippen molar-refractivity contribution in [3.05, 3.63) is 112 Å². The van der Waals surface area contributed by atoms with Gasteiger partial charge in [0.15, 0.2) is 11.5 Å². The molecule has 8 heterocycles. The maximum atomic E-state index is 13.6. The number of hydrogen-bond acceptors (Lipinski definition) is 13. The first-order chi connectivity index (χ1) is 32.5. The Labute approximate surface area is 387 Å². The molecule has 0 bridgehead atoms. The van der Waals surface area contributed by atoms with Crippen LogP contribution in [0.4, 0.5) is 17.3 Å². The molecule has 1 unspecified atom stereocenters. The highest BCUT2D eigenvalue weighted by atomic mass is 16.3. The molecule has 4 saturated heterocycles. The van der Waals surface area contributed by atoms with E-state index in [0.717, 1.165) is 93.2 Å². The van der Waals surface area contributed by atoms with Crippen LogP contribution in [0.15, 0.2) is 78.2 Å². The number of likely N-dealkylation sites (tertiary alicyclic amines) is 2. The van der Waals surface area contributed by atoms with Crippen LogP contribution >= 0.6 is 0 Å². The third-order valence-electron chi connectivity index (χ3n) is 15.3. The Bertz CT molecular complexity index is 2890. The van der Waals surface area contributed by atoms with Gasteiger partial charge in [0.1, 0.15) is 17.0 Å². The predicted molar refractivity (Wildman–Crippen MR) is 251 cm³/mol. The molecule has 11 rings (SSSR count). The Morgan fingerprint density at radius 2 is 1.58 bits per heavy atom. The van der Waals surface area contributed by atoms with Crippen LogP contribution in [0.5, 0.6) is 0 Å². The number of nitrogens with zero attached hydrogens (tertiary/aromatic N) is 9. The number of rotatable bonds is 11. The molecule has 2 aromatic carbocycles. The lowest BCUT2D eigenvalue weighted by Crippen LogP contribution is -2.62. The zero-order chi connectivity index (χ0) is 46.1. The standard InChI is InChI=1S/C50H55N11O6/c1-3-21-59-46(64)39-27-51-49(55-44(39)61(59)41-13-7-32-15-20-50(67,4-2)43(32)53-41)52-33-8-5-30(6-9-33)31-16-22-56(23-17-31)34-18-24-57(25-19-34)36-28-58(29-36)35-10-11-37-38(26-35)48(66)60(47(37)65)40-12-14-42(62)54-45(40)63/h3,5-11,13,26-27,31,34,36,40,67H,1,4,12,14-25,28-29H2,2H3,(H,51,52,55)(H,54,62,63)/t40?,50-/m1/s1. The van der Waals surface area contributed by atoms with Gasteiger partial charge >= 0.3 is 0 Å². The van der Waals surface area contributed by atoms with E-state index in [4.69, 9.17) is 9.97 Å². The number of allylic oxidation sites excluding steroid dienone is 1. The number of nitrogens with one attached hydrogen (secondary N) is 2. The molecular weight excluding hydrogens is 851 g/mol. The smallest absolute Gasteiger partial charge is 0.278 e. The zero-order valence-electron chi connectivity index (χ0n) is 37.7. The Morgan fingerprint density at radius 3 is 2.31 bits per heavy atom. The van der Waals surface area contributed by atoms with E-state index in [1.807, 2.05) is 25.1 Å². The Kier molecular flexibility index (Phi) is 10.9. The van der Waals surface area contributed by atoms with E-state index < -0.39 is 29.4 Å². The molecule has 3 aromatic heterocycles. The molecule has 67 heavy (non-hydrogen) atoms. The van der Waals surface area contributed by atoms with Gasteiger partial charge in [0.05, 0.1) is 23.4 Å². The average molecular weight is 906 g/mol. The number of aryl methyl sites for hydroxylation is 1. The molecule has 4 amide bonds. The van der Waals surface area contributed by atoms with Gasteiger partial charge in [-0.2, -0.15) is 4.98 Å². The summed E-state index contributed by atoms with van der Waals surface area (Å²) in [5.41, 5.74) is 4.56. The number of aromatic nitrogens is 5. The SMILES string of the molecule is C=CCn1c(=O)c2cnc(Nc3ccc(C4CCN(C5CCN(C6CN(c7ccc8c(c7)C(=O)N(C7CCC(=O)NC7=O)C8=O)C6)CC5)CC4)cc3)nc2n1-c1ccc2c(n1)[C@@](O)(CC)CC2. The normalized spacial score (nSPS) is 23.2. The fourth-order valence-corrected chi connectivity index (χ4v) is 11.3. The number of piperidine rings is 3. The van der Waals surface area contributed by atoms with Crippen molar-refractivity contribution >= 4 is 52.0 Å². The maximum absolute atomic E-state index is 13.6. The highest BCUT2D eigenvalue weighted by molar-refractivity contribution is 6.23. The molecule has 1 aliphatic carbocycles. The second kappa shape index (κ2) is 16.9. The van der Waals surface area contributed by atoms with Crippen molar-refractivity contribution in [3.8, 4) is 5.82 Å². The fraction of sp³-hybridized carbons (Fsp3) is 0.440. The molecule has 3 N–H and O–H groups in total. The number of amides is 4. The summed E-state index contributed by atoms with van der Waals surface area (Å²) >= 11 is 0. The zero-order valence-corrected chi connectivity index (χ0v) is 37.7. The summed E-state index contributed by atoms with van der Waals surface area (Å²) in [7, 11) is 0. The van der Waals surface area contributed by atoms with E-state index in [1.165, 1.54) is 5.56 Å². The summed E-state index contributed by atoms with van der Waals surface area (Å²) < 4.78 is 3.26. The second-order valence-corrected chi connectivity index (χ2v) is 19.0. The minimum atomic E-state index is -0.997. The Balaban J connectivity index is 0.671. The van der Waals surface area contributed by atoms with Crippen molar-refractivity contribution in [2.24, 2.45) is 0 Å². The van der Waals surface area contributed by atoms with Crippen molar-refractivity contribution in [2.45, 2.75) is 101 Å². The van der Waals surface area contributed by atoms with Gasteiger partial charge in [0.25, 0.3) is 17.4 Å². The third-order valence-corrected chi connectivity index (χ3v) is 15.3. The summed E-state index contributed by atoms with van der Waals surface area (Å²) in [5.74, 6) is -0.596. The highest BCUT2D eigenvalue weighted by Gasteiger charge is 2.45. The minimum Gasteiger partial charge on any atom is -0.384 e. The largest absolute Gasteiger partial charge is 0.384 e. The van der Waals surface area contributed by atoms with E-state index in [2.05, 4.69) is 61.2 Å². The van der Waals surface area contributed by atoms with Gasteiger partial charge in [0, 0.05) is 62.3 Å². The molecule has 0 spiro atoms. The number of carbonyl (C=O) groups is 4. The Hall–Kier alpha value is -6.56. The molecule has 17 heteroatoms. The van der Waals surface area contributed by atoms with Crippen LogP contribution in [0.2, 0.25) is 0 Å². The Morgan fingerprint density at radius 1 is 0.851 bits per heavy atom.